The van der Waals surface area contributed by atoms with E-state index in [2.05, 4.69) is 5.10 Å². The van der Waals surface area contributed by atoms with Crippen molar-refractivity contribution in [1.29, 1.82) is 0 Å². The highest BCUT2D eigenvalue weighted by Gasteiger charge is 2.36. The standard InChI is InChI=1S/C13H21ClN4O2/c1-4-5-18-6-9(14)12(15-18)13(20)17-7-10(16(2)3)11(19)8-17/h6,10-11,19H,4-5,7-8H2,1-3H3/t10-,11-/m1/s1. The summed E-state index contributed by atoms with van der Waals surface area (Å²) in [5.41, 5.74) is 0.270. The highest BCUT2D eigenvalue weighted by molar-refractivity contribution is 6.33. The van der Waals surface area contributed by atoms with Gasteiger partial charge in [0.05, 0.1) is 17.2 Å². The molecule has 2 heterocycles. The van der Waals surface area contributed by atoms with E-state index in [1.807, 2.05) is 25.9 Å². The average molecular weight is 301 g/mol. The number of halogens is 1. The van der Waals surface area contributed by atoms with Crippen LogP contribution >= 0.6 is 11.6 Å². The van der Waals surface area contributed by atoms with Crippen molar-refractivity contribution in [3.8, 4) is 0 Å². The van der Waals surface area contributed by atoms with Crippen LogP contribution in [0.4, 0.5) is 0 Å². The quantitative estimate of drug-likeness (QED) is 0.889. The van der Waals surface area contributed by atoms with Gasteiger partial charge in [-0.25, -0.2) is 0 Å². The van der Waals surface area contributed by atoms with E-state index in [-0.39, 0.29) is 17.6 Å². The SMILES string of the molecule is CCCn1cc(Cl)c(C(=O)N2C[C@@H](O)[C@H](N(C)C)C2)n1. The first-order valence-corrected chi connectivity index (χ1v) is 7.18. The van der Waals surface area contributed by atoms with Crippen LogP contribution in [-0.4, -0.2) is 69.9 Å². The Bertz CT molecular complexity index is 489. The van der Waals surface area contributed by atoms with Crippen LogP contribution in [-0.2, 0) is 6.54 Å². The van der Waals surface area contributed by atoms with Gasteiger partial charge in [-0.05, 0) is 20.5 Å². The van der Waals surface area contributed by atoms with Gasteiger partial charge in [0.2, 0.25) is 0 Å². The minimum atomic E-state index is -0.537. The van der Waals surface area contributed by atoms with E-state index in [0.29, 0.717) is 18.1 Å². The lowest BCUT2D eigenvalue weighted by Crippen LogP contribution is -2.38. The fourth-order valence-corrected chi connectivity index (χ4v) is 2.71. The third-order valence-corrected chi connectivity index (χ3v) is 3.86. The van der Waals surface area contributed by atoms with Crippen molar-refractivity contribution >= 4 is 17.5 Å². The largest absolute Gasteiger partial charge is 0.390 e. The molecule has 1 saturated heterocycles. The van der Waals surface area contributed by atoms with Gasteiger partial charge in [-0.1, -0.05) is 18.5 Å². The number of aliphatic hydroxyl groups is 1. The minimum absolute atomic E-state index is 0.0459. The zero-order valence-corrected chi connectivity index (χ0v) is 12.8. The Kier molecular flexibility index (Phi) is 4.67. The highest BCUT2D eigenvalue weighted by Crippen LogP contribution is 2.21. The summed E-state index contributed by atoms with van der Waals surface area (Å²) in [6, 6.07) is -0.0459. The molecule has 1 aromatic heterocycles. The van der Waals surface area contributed by atoms with Gasteiger partial charge in [0.25, 0.3) is 5.91 Å². The first kappa shape index (κ1) is 15.3. The van der Waals surface area contributed by atoms with Gasteiger partial charge >= 0.3 is 0 Å². The number of aliphatic hydroxyl groups excluding tert-OH is 1. The summed E-state index contributed by atoms with van der Waals surface area (Å²) in [5, 5.41) is 14.6. The van der Waals surface area contributed by atoms with E-state index >= 15 is 0 Å². The fraction of sp³-hybridized carbons (Fsp3) is 0.692. The van der Waals surface area contributed by atoms with Crippen molar-refractivity contribution in [3.63, 3.8) is 0 Å². The maximum Gasteiger partial charge on any atom is 0.276 e. The van der Waals surface area contributed by atoms with Gasteiger partial charge in [-0.3, -0.25) is 9.48 Å². The molecule has 1 aliphatic heterocycles. The molecule has 0 bridgehead atoms. The van der Waals surface area contributed by atoms with Crippen LogP contribution in [0.3, 0.4) is 0 Å². The minimum Gasteiger partial charge on any atom is -0.390 e. The molecule has 6 nitrogen and oxygen atoms in total. The van der Waals surface area contributed by atoms with Crippen molar-refractivity contribution in [2.45, 2.75) is 32.0 Å². The van der Waals surface area contributed by atoms with Gasteiger partial charge in [0.1, 0.15) is 0 Å². The number of likely N-dealkylation sites (N-methyl/N-ethyl adjacent to an activating group) is 1. The number of β-amino-alcohol motifs (C(OH)–C–C–N with tert-alkyl or cyclic N) is 1. The zero-order valence-electron chi connectivity index (χ0n) is 12.1. The van der Waals surface area contributed by atoms with Gasteiger partial charge in [0, 0.05) is 25.8 Å². The second kappa shape index (κ2) is 6.11. The number of likely N-dealkylation sites (tertiary alicyclic amines) is 1. The Labute approximate surface area is 123 Å². The second-order valence-electron chi connectivity index (χ2n) is 5.40. The van der Waals surface area contributed by atoms with Crippen molar-refractivity contribution in [1.82, 2.24) is 19.6 Å². The topological polar surface area (TPSA) is 61.6 Å². The van der Waals surface area contributed by atoms with Gasteiger partial charge in [-0.15, -0.1) is 0 Å². The van der Waals surface area contributed by atoms with Crippen molar-refractivity contribution in [3.05, 3.63) is 16.9 Å². The Morgan fingerprint density at radius 3 is 2.80 bits per heavy atom. The van der Waals surface area contributed by atoms with Crippen LogP contribution in [0, 0.1) is 0 Å². The van der Waals surface area contributed by atoms with E-state index < -0.39 is 6.10 Å². The smallest absolute Gasteiger partial charge is 0.276 e. The molecule has 20 heavy (non-hydrogen) atoms. The summed E-state index contributed by atoms with van der Waals surface area (Å²) < 4.78 is 1.69. The zero-order chi connectivity index (χ0) is 14.9. The van der Waals surface area contributed by atoms with Crippen molar-refractivity contribution < 1.29 is 9.90 Å². The molecule has 2 rings (SSSR count). The van der Waals surface area contributed by atoms with Crippen LogP contribution in [0.25, 0.3) is 0 Å². The predicted molar refractivity (Wildman–Crippen MR) is 76.9 cm³/mol. The fourth-order valence-electron chi connectivity index (χ4n) is 2.48. The molecule has 0 unspecified atom stereocenters. The molecule has 0 radical (unpaired) electrons. The number of carbonyl (C=O) groups excluding carboxylic acids is 1. The summed E-state index contributed by atoms with van der Waals surface area (Å²) >= 11 is 6.09. The van der Waals surface area contributed by atoms with E-state index in [4.69, 9.17) is 11.6 Å². The number of aromatic nitrogens is 2. The normalized spacial score (nSPS) is 22.8. The summed E-state index contributed by atoms with van der Waals surface area (Å²) in [5.74, 6) is -0.215. The van der Waals surface area contributed by atoms with Crippen LogP contribution in [0.1, 0.15) is 23.8 Å². The molecule has 1 aliphatic rings. The molecule has 1 fully saturated rings. The molecule has 2 atom stereocenters. The van der Waals surface area contributed by atoms with Gasteiger partial charge in [-0.2, -0.15) is 5.10 Å². The van der Waals surface area contributed by atoms with Crippen LogP contribution < -0.4 is 0 Å². The van der Waals surface area contributed by atoms with Crippen molar-refractivity contribution in [2.75, 3.05) is 27.2 Å². The second-order valence-corrected chi connectivity index (χ2v) is 5.80. The Morgan fingerprint density at radius 1 is 1.55 bits per heavy atom. The predicted octanol–water partition coefficient (Wildman–Crippen LogP) is 0.693. The molecule has 0 saturated carbocycles. The Morgan fingerprint density at radius 2 is 2.25 bits per heavy atom. The molecule has 0 aromatic carbocycles. The Hall–Kier alpha value is -1.11. The number of amides is 1. The summed E-state index contributed by atoms with van der Waals surface area (Å²) in [6.45, 7) is 3.58. The monoisotopic (exact) mass is 300 g/mol. The van der Waals surface area contributed by atoms with Gasteiger partial charge < -0.3 is 14.9 Å². The molecular formula is C13H21ClN4O2. The lowest BCUT2D eigenvalue weighted by molar-refractivity contribution is 0.0757. The van der Waals surface area contributed by atoms with E-state index in [1.54, 1.807) is 15.8 Å². The average Bonchev–Trinajstić information content (AvgIpc) is 2.92. The van der Waals surface area contributed by atoms with E-state index in [0.717, 1.165) is 13.0 Å². The molecule has 0 aliphatic carbocycles. The molecule has 112 valence electrons. The molecule has 0 spiro atoms. The molecule has 1 N–H and O–H groups in total. The van der Waals surface area contributed by atoms with E-state index in [9.17, 15) is 9.90 Å². The number of carbonyl (C=O) groups is 1. The molecule has 1 amide bonds. The summed E-state index contributed by atoms with van der Waals surface area (Å²) in [7, 11) is 3.79. The lowest BCUT2D eigenvalue weighted by atomic mass is 10.2. The maximum atomic E-state index is 12.4. The summed E-state index contributed by atoms with van der Waals surface area (Å²) in [6.07, 6.45) is 2.07. The highest BCUT2D eigenvalue weighted by atomic mass is 35.5. The Balaban J connectivity index is 2.12. The first-order valence-electron chi connectivity index (χ1n) is 6.80. The number of rotatable bonds is 4. The van der Waals surface area contributed by atoms with Crippen LogP contribution in [0.5, 0.6) is 0 Å². The maximum absolute atomic E-state index is 12.4. The van der Waals surface area contributed by atoms with Crippen LogP contribution in [0.2, 0.25) is 5.02 Å². The number of nitrogens with zero attached hydrogens (tertiary/aromatic N) is 4. The number of hydrogen-bond acceptors (Lipinski definition) is 4. The lowest BCUT2D eigenvalue weighted by Gasteiger charge is -2.21. The summed E-state index contributed by atoms with van der Waals surface area (Å²) in [4.78, 5) is 16.0. The number of aryl methyl sites for hydroxylation is 1. The third kappa shape index (κ3) is 2.97. The number of hydrogen-bond donors (Lipinski definition) is 1. The van der Waals surface area contributed by atoms with Gasteiger partial charge in [0.15, 0.2) is 5.69 Å². The molecule has 1 aromatic rings. The first-order chi connectivity index (χ1) is 9.43. The molecule has 7 heteroatoms. The third-order valence-electron chi connectivity index (χ3n) is 3.58. The van der Waals surface area contributed by atoms with E-state index in [1.165, 1.54) is 0 Å². The van der Waals surface area contributed by atoms with Crippen molar-refractivity contribution in [2.24, 2.45) is 0 Å². The molecular weight excluding hydrogens is 280 g/mol. The van der Waals surface area contributed by atoms with Crippen LogP contribution in [0.15, 0.2) is 6.20 Å².